The van der Waals surface area contributed by atoms with E-state index in [0.29, 0.717) is 13.1 Å². The molecule has 0 aliphatic heterocycles. The maximum atomic E-state index is 12.3. The van der Waals surface area contributed by atoms with E-state index < -0.39 is 5.91 Å². The van der Waals surface area contributed by atoms with Crippen LogP contribution < -0.4 is 20.7 Å². The predicted molar refractivity (Wildman–Crippen MR) is 102 cm³/mol. The lowest BCUT2D eigenvalue weighted by molar-refractivity contribution is -0.120. The lowest BCUT2D eigenvalue weighted by Crippen LogP contribution is -2.39. The molecule has 0 saturated carbocycles. The number of anilines is 1. The van der Waals surface area contributed by atoms with E-state index in [4.69, 9.17) is 10.5 Å². The zero-order valence-corrected chi connectivity index (χ0v) is 15.0. The van der Waals surface area contributed by atoms with E-state index in [-0.39, 0.29) is 18.9 Å². The maximum absolute atomic E-state index is 12.3. The van der Waals surface area contributed by atoms with Crippen LogP contribution in [-0.2, 0) is 16.0 Å². The number of benzene rings is 2. The largest absolute Gasteiger partial charge is 0.497 e. The van der Waals surface area contributed by atoms with E-state index in [2.05, 4.69) is 5.32 Å². The Balaban J connectivity index is 1.91. The standard InChI is InChI=1S/C20H25N3O3/c1-26-18-9-7-17(8-10-18)23(14-12-19(21)24)15-20(25)22-13-11-16-5-3-2-4-6-16/h2-10H,11-15H2,1H3,(H2,21,24)(H,22,25). The number of rotatable bonds is 10. The van der Waals surface area contributed by atoms with Crippen LogP contribution in [0.2, 0.25) is 0 Å². The van der Waals surface area contributed by atoms with Crippen molar-refractivity contribution in [1.29, 1.82) is 0 Å². The van der Waals surface area contributed by atoms with Gasteiger partial charge in [0.15, 0.2) is 0 Å². The van der Waals surface area contributed by atoms with Gasteiger partial charge in [-0.2, -0.15) is 0 Å². The van der Waals surface area contributed by atoms with Gasteiger partial charge in [0.2, 0.25) is 11.8 Å². The van der Waals surface area contributed by atoms with Crippen LogP contribution in [0.15, 0.2) is 54.6 Å². The molecule has 6 heteroatoms. The van der Waals surface area contributed by atoms with Gasteiger partial charge in [-0.05, 0) is 36.2 Å². The molecule has 3 N–H and O–H groups in total. The number of nitrogens with one attached hydrogen (secondary N) is 1. The molecule has 0 atom stereocenters. The minimum absolute atomic E-state index is 0.0961. The van der Waals surface area contributed by atoms with E-state index in [0.717, 1.165) is 17.9 Å². The molecule has 0 aliphatic rings. The van der Waals surface area contributed by atoms with Crippen molar-refractivity contribution in [1.82, 2.24) is 5.32 Å². The van der Waals surface area contributed by atoms with E-state index in [1.807, 2.05) is 59.5 Å². The molecule has 0 aromatic heterocycles. The van der Waals surface area contributed by atoms with Crippen molar-refractivity contribution >= 4 is 17.5 Å². The first-order valence-electron chi connectivity index (χ1n) is 8.56. The fourth-order valence-electron chi connectivity index (χ4n) is 2.56. The molecule has 26 heavy (non-hydrogen) atoms. The van der Waals surface area contributed by atoms with Gasteiger partial charge >= 0.3 is 0 Å². The Morgan fingerprint density at radius 2 is 1.77 bits per heavy atom. The highest BCUT2D eigenvalue weighted by molar-refractivity contribution is 5.82. The molecule has 0 heterocycles. The van der Waals surface area contributed by atoms with Crippen molar-refractivity contribution in [2.75, 3.05) is 31.6 Å². The molecule has 2 rings (SSSR count). The zero-order chi connectivity index (χ0) is 18.8. The molecule has 138 valence electrons. The first kappa shape index (κ1) is 19.3. The molecule has 0 bridgehead atoms. The Bertz CT molecular complexity index is 702. The number of hydrogen-bond donors (Lipinski definition) is 2. The summed E-state index contributed by atoms with van der Waals surface area (Å²) in [4.78, 5) is 25.3. The first-order chi connectivity index (χ1) is 12.6. The van der Waals surface area contributed by atoms with Gasteiger partial charge in [-0.1, -0.05) is 30.3 Å². The van der Waals surface area contributed by atoms with Crippen molar-refractivity contribution in [3.63, 3.8) is 0 Å². The average molecular weight is 355 g/mol. The van der Waals surface area contributed by atoms with Gasteiger partial charge in [-0.25, -0.2) is 0 Å². The summed E-state index contributed by atoms with van der Waals surface area (Å²) in [5.41, 5.74) is 7.27. The van der Waals surface area contributed by atoms with Gasteiger partial charge < -0.3 is 20.7 Å². The van der Waals surface area contributed by atoms with E-state index >= 15 is 0 Å². The molecular formula is C20H25N3O3. The van der Waals surface area contributed by atoms with E-state index in [1.165, 1.54) is 5.56 Å². The van der Waals surface area contributed by atoms with Gasteiger partial charge in [0.25, 0.3) is 0 Å². The molecule has 0 fully saturated rings. The van der Waals surface area contributed by atoms with Crippen molar-refractivity contribution in [3.8, 4) is 5.75 Å². The van der Waals surface area contributed by atoms with Gasteiger partial charge in [0.05, 0.1) is 13.7 Å². The van der Waals surface area contributed by atoms with Crippen LogP contribution in [0, 0.1) is 0 Å². The summed E-state index contributed by atoms with van der Waals surface area (Å²) in [7, 11) is 1.60. The highest BCUT2D eigenvalue weighted by Gasteiger charge is 2.13. The molecular weight excluding hydrogens is 330 g/mol. The molecule has 2 amide bonds. The SMILES string of the molecule is COc1ccc(N(CCC(N)=O)CC(=O)NCCc2ccccc2)cc1. The number of carbonyl (C=O) groups is 2. The number of primary amides is 1. The predicted octanol–water partition coefficient (Wildman–Crippen LogP) is 1.74. The van der Waals surface area contributed by atoms with Crippen molar-refractivity contribution < 1.29 is 14.3 Å². The normalized spacial score (nSPS) is 10.2. The third-order valence-electron chi connectivity index (χ3n) is 3.98. The summed E-state index contributed by atoms with van der Waals surface area (Å²) in [6.07, 6.45) is 0.958. The minimum atomic E-state index is -0.395. The minimum Gasteiger partial charge on any atom is -0.497 e. The number of ether oxygens (including phenoxy) is 1. The average Bonchev–Trinajstić information content (AvgIpc) is 2.66. The fourth-order valence-corrected chi connectivity index (χ4v) is 2.56. The molecule has 0 radical (unpaired) electrons. The van der Waals surface area contributed by atoms with Gasteiger partial charge in [0.1, 0.15) is 5.75 Å². The number of nitrogens with zero attached hydrogens (tertiary/aromatic N) is 1. The molecule has 6 nitrogen and oxygen atoms in total. The summed E-state index contributed by atoms with van der Waals surface area (Å²) < 4.78 is 5.15. The summed E-state index contributed by atoms with van der Waals surface area (Å²) in [5, 5.41) is 2.92. The molecule has 0 spiro atoms. The number of hydrogen-bond acceptors (Lipinski definition) is 4. The van der Waals surface area contributed by atoms with Crippen LogP contribution in [0.4, 0.5) is 5.69 Å². The van der Waals surface area contributed by atoms with Crippen LogP contribution in [0.3, 0.4) is 0 Å². The summed E-state index contributed by atoms with van der Waals surface area (Å²) >= 11 is 0. The van der Waals surface area contributed by atoms with Crippen molar-refractivity contribution in [2.45, 2.75) is 12.8 Å². The summed E-state index contributed by atoms with van der Waals surface area (Å²) in [6.45, 7) is 1.11. The van der Waals surface area contributed by atoms with Crippen molar-refractivity contribution in [3.05, 3.63) is 60.2 Å². The number of amides is 2. The Morgan fingerprint density at radius 1 is 1.08 bits per heavy atom. The summed E-state index contributed by atoms with van der Waals surface area (Å²) in [5.74, 6) is 0.241. The Morgan fingerprint density at radius 3 is 2.38 bits per heavy atom. The van der Waals surface area contributed by atoms with E-state index in [9.17, 15) is 9.59 Å². The fraction of sp³-hybridized carbons (Fsp3) is 0.300. The molecule has 0 saturated heterocycles. The molecule has 0 unspecified atom stereocenters. The third kappa shape index (κ3) is 6.47. The number of methoxy groups -OCH3 is 1. The topological polar surface area (TPSA) is 84.7 Å². The molecule has 0 aliphatic carbocycles. The van der Waals surface area contributed by atoms with Crippen molar-refractivity contribution in [2.24, 2.45) is 5.73 Å². The Hall–Kier alpha value is -3.02. The van der Waals surface area contributed by atoms with Crippen LogP contribution >= 0.6 is 0 Å². The highest BCUT2D eigenvalue weighted by atomic mass is 16.5. The second kappa shape index (κ2) is 10.1. The lowest BCUT2D eigenvalue weighted by atomic mass is 10.1. The monoisotopic (exact) mass is 355 g/mol. The number of nitrogens with two attached hydrogens (primary N) is 1. The zero-order valence-electron chi connectivity index (χ0n) is 15.0. The van der Waals surface area contributed by atoms with Gasteiger partial charge in [-0.3, -0.25) is 9.59 Å². The third-order valence-corrected chi connectivity index (χ3v) is 3.98. The summed E-state index contributed by atoms with van der Waals surface area (Å²) in [6, 6.07) is 17.3. The first-order valence-corrected chi connectivity index (χ1v) is 8.56. The quantitative estimate of drug-likeness (QED) is 0.680. The Labute approximate surface area is 153 Å². The van der Waals surface area contributed by atoms with E-state index in [1.54, 1.807) is 7.11 Å². The lowest BCUT2D eigenvalue weighted by Gasteiger charge is -2.24. The molecule has 2 aromatic rings. The smallest absolute Gasteiger partial charge is 0.239 e. The Kier molecular flexibility index (Phi) is 7.49. The maximum Gasteiger partial charge on any atom is 0.239 e. The highest BCUT2D eigenvalue weighted by Crippen LogP contribution is 2.19. The number of carbonyl (C=O) groups excluding carboxylic acids is 2. The second-order valence-corrected chi connectivity index (χ2v) is 5.92. The van der Waals surface area contributed by atoms with Gasteiger partial charge in [-0.15, -0.1) is 0 Å². The van der Waals surface area contributed by atoms with Crippen LogP contribution in [0.5, 0.6) is 5.75 Å². The van der Waals surface area contributed by atoms with Crippen LogP contribution in [-0.4, -0.2) is 38.6 Å². The second-order valence-electron chi connectivity index (χ2n) is 5.92. The van der Waals surface area contributed by atoms with Crippen LogP contribution in [0.25, 0.3) is 0 Å². The van der Waals surface area contributed by atoms with Gasteiger partial charge in [0, 0.05) is 25.2 Å². The van der Waals surface area contributed by atoms with Crippen LogP contribution in [0.1, 0.15) is 12.0 Å². The molecule has 2 aromatic carbocycles.